The molecule has 0 saturated carbocycles. The number of benzene rings is 1. The average Bonchev–Trinajstić information content (AvgIpc) is 3.15. The molecular weight excluding hydrogens is 380 g/mol. The Balaban J connectivity index is 1.86. The first-order valence-corrected chi connectivity index (χ1v) is 10.2. The van der Waals surface area contributed by atoms with E-state index in [2.05, 4.69) is 34.0 Å². The third-order valence-corrected chi connectivity index (χ3v) is 5.21. The lowest BCUT2D eigenvalue weighted by atomic mass is 10.1. The van der Waals surface area contributed by atoms with Gasteiger partial charge in [0, 0.05) is 25.7 Å². The maximum Gasteiger partial charge on any atom is 0.264 e. The number of amides is 1. The van der Waals surface area contributed by atoms with Crippen LogP contribution in [0.1, 0.15) is 35.5 Å². The number of carbonyl (C=O) groups excluding carboxylic acids is 1. The minimum absolute atomic E-state index is 0.0702. The summed E-state index contributed by atoms with van der Waals surface area (Å²) < 4.78 is 1.56. The maximum absolute atomic E-state index is 13.4. The van der Waals surface area contributed by atoms with Crippen LogP contribution in [0.25, 0.3) is 5.82 Å². The monoisotopic (exact) mass is 408 g/mol. The van der Waals surface area contributed by atoms with Crippen molar-refractivity contribution in [3.63, 3.8) is 0 Å². The molecule has 2 aromatic heterocycles. The number of aromatic nitrogens is 4. The van der Waals surface area contributed by atoms with Gasteiger partial charge in [-0.05, 0) is 31.6 Å². The van der Waals surface area contributed by atoms with Crippen molar-refractivity contribution in [2.45, 2.75) is 27.3 Å². The molecule has 158 valence electrons. The van der Waals surface area contributed by atoms with Crippen LogP contribution in [0.3, 0.4) is 0 Å². The first-order chi connectivity index (χ1) is 14.5. The zero-order chi connectivity index (χ0) is 21.5. The van der Waals surface area contributed by atoms with Crippen molar-refractivity contribution in [1.29, 1.82) is 0 Å². The number of nitrogens with one attached hydrogen (secondary N) is 1. The number of hydrogen-bond acceptors (Lipinski definition) is 5. The fourth-order valence-electron chi connectivity index (χ4n) is 3.33. The third kappa shape index (κ3) is 5.01. The second-order valence-electron chi connectivity index (χ2n) is 7.07. The second kappa shape index (κ2) is 9.98. The predicted molar refractivity (Wildman–Crippen MR) is 116 cm³/mol. The van der Waals surface area contributed by atoms with Crippen LogP contribution < -0.4 is 5.56 Å². The van der Waals surface area contributed by atoms with E-state index in [9.17, 15) is 9.59 Å². The van der Waals surface area contributed by atoms with Crippen molar-refractivity contribution < 1.29 is 4.79 Å². The fourth-order valence-corrected chi connectivity index (χ4v) is 3.33. The number of H-pyrrole nitrogens is 1. The summed E-state index contributed by atoms with van der Waals surface area (Å²) in [6.07, 6.45) is 1.57. The van der Waals surface area contributed by atoms with Gasteiger partial charge in [-0.2, -0.15) is 10.2 Å². The predicted octanol–water partition coefficient (Wildman–Crippen LogP) is 2.25. The van der Waals surface area contributed by atoms with Gasteiger partial charge < -0.3 is 9.80 Å². The topological polar surface area (TPSA) is 87.1 Å². The summed E-state index contributed by atoms with van der Waals surface area (Å²) in [5.74, 6) is 0.392. The van der Waals surface area contributed by atoms with Crippen molar-refractivity contribution in [1.82, 2.24) is 29.8 Å². The number of hydrogen-bond donors (Lipinski definition) is 1. The van der Waals surface area contributed by atoms with Crippen LogP contribution >= 0.6 is 0 Å². The van der Waals surface area contributed by atoms with Gasteiger partial charge in [-0.25, -0.2) is 9.78 Å². The van der Waals surface area contributed by atoms with Crippen molar-refractivity contribution in [2.75, 3.05) is 26.2 Å². The van der Waals surface area contributed by atoms with Gasteiger partial charge in [0.1, 0.15) is 0 Å². The molecule has 1 amide bonds. The van der Waals surface area contributed by atoms with Crippen LogP contribution in [-0.2, 0) is 6.54 Å². The Morgan fingerprint density at radius 2 is 1.80 bits per heavy atom. The average molecular weight is 409 g/mol. The quantitative estimate of drug-likeness (QED) is 0.587. The normalized spacial score (nSPS) is 11.1. The molecule has 3 aromatic rings. The zero-order valence-corrected chi connectivity index (χ0v) is 17.7. The van der Waals surface area contributed by atoms with Crippen LogP contribution in [0.15, 0.2) is 53.5 Å². The molecule has 8 nitrogen and oxygen atoms in total. The van der Waals surface area contributed by atoms with Gasteiger partial charge in [0.15, 0.2) is 5.82 Å². The Bertz CT molecular complexity index is 1000. The summed E-state index contributed by atoms with van der Waals surface area (Å²) in [6, 6.07) is 12.9. The Morgan fingerprint density at radius 3 is 2.43 bits per heavy atom. The largest absolute Gasteiger partial charge is 0.333 e. The molecule has 3 rings (SSSR count). The Morgan fingerprint density at radius 1 is 1.07 bits per heavy atom. The van der Waals surface area contributed by atoms with E-state index in [-0.39, 0.29) is 11.5 Å². The summed E-state index contributed by atoms with van der Waals surface area (Å²) in [6.45, 7) is 9.92. The van der Waals surface area contributed by atoms with Gasteiger partial charge >= 0.3 is 0 Å². The van der Waals surface area contributed by atoms with E-state index in [0.29, 0.717) is 30.2 Å². The molecule has 0 aliphatic rings. The minimum atomic E-state index is -0.287. The highest BCUT2D eigenvalue weighted by atomic mass is 16.2. The lowest BCUT2D eigenvalue weighted by molar-refractivity contribution is 0.0723. The van der Waals surface area contributed by atoms with Crippen LogP contribution in [0.2, 0.25) is 0 Å². The van der Waals surface area contributed by atoms with Gasteiger partial charge in [-0.1, -0.05) is 44.2 Å². The molecule has 30 heavy (non-hydrogen) atoms. The molecule has 0 unspecified atom stereocenters. The van der Waals surface area contributed by atoms with E-state index in [1.54, 1.807) is 16.9 Å². The number of nitrogens with zero attached hydrogens (tertiary/aromatic N) is 5. The molecule has 0 spiro atoms. The Kier molecular flexibility index (Phi) is 7.13. The summed E-state index contributed by atoms with van der Waals surface area (Å²) in [4.78, 5) is 28.9. The zero-order valence-electron chi connectivity index (χ0n) is 17.7. The number of carbonyl (C=O) groups is 1. The molecule has 0 atom stereocenters. The molecule has 0 aliphatic heterocycles. The summed E-state index contributed by atoms with van der Waals surface area (Å²) in [7, 11) is 0. The van der Waals surface area contributed by atoms with Crippen LogP contribution in [0.5, 0.6) is 0 Å². The smallest absolute Gasteiger partial charge is 0.264 e. The van der Waals surface area contributed by atoms with E-state index in [1.807, 2.05) is 42.2 Å². The molecule has 0 fully saturated rings. The Labute approximate surface area is 176 Å². The first-order valence-electron chi connectivity index (χ1n) is 10.2. The highest BCUT2D eigenvalue weighted by Crippen LogP contribution is 2.16. The number of aromatic amines is 1. The van der Waals surface area contributed by atoms with Gasteiger partial charge in [-0.15, -0.1) is 0 Å². The molecule has 8 heteroatoms. The van der Waals surface area contributed by atoms with Gasteiger partial charge in [0.2, 0.25) is 0 Å². The first kappa shape index (κ1) is 21.4. The molecule has 0 bridgehead atoms. The van der Waals surface area contributed by atoms with Crippen LogP contribution in [0.4, 0.5) is 0 Å². The van der Waals surface area contributed by atoms with Crippen molar-refractivity contribution in [3.8, 4) is 5.82 Å². The highest BCUT2D eigenvalue weighted by molar-refractivity contribution is 5.95. The number of rotatable bonds is 9. The van der Waals surface area contributed by atoms with E-state index >= 15 is 0 Å². The highest BCUT2D eigenvalue weighted by Gasteiger charge is 2.22. The third-order valence-electron chi connectivity index (χ3n) is 5.21. The van der Waals surface area contributed by atoms with Crippen LogP contribution in [0, 0.1) is 6.92 Å². The Hall–Kier alpha value is -3.26. The summed E-state index contributed by atoms with van der Waals surface area (Å²) >= 11 is 0. The van der Waals surface area contributed by atoms with Crippen molar-refractivity contribution in [3.05, 3.63) is 75.8 Å². The lowest BCUT2D eigenvalue weighted by Crippen LogP contribution is -2.38. The van der Waals surface area contributed by atoms with Gasteiger partial charge in [0.25, 0.3) is 11.5 Å². The fraction of sp³-hybridized carbons (Fsp3) is 0.364. The van der Waals surface area contributed by atoms with Gasteiger partial charge in [0.05, 0.1) is 17.5 Å². The van der Waals surface area contributed by atoms with E-state index < -0.39 is 0 Å². The molecule has 1 aromatic carbocycles. The molecule has 0 aliphatic carbocycles. The van der Waals surface area contributed by atoms with E-state index in [4.69, 9.17) is 0 Å². The SMILES string of the molecule is CCN(CC)CCN(Cc1ccccc1)C(=O)c1cnn(-c2ccc(=O)[nH]n2)c1C. The maximum atomic E-state index is 13.4. The summed E-state index contributed by atoms with van der Waals surface area (Å²) in [5, 5.41) is 10.7. The van der Waals surface area contributed by atoms with Gasteiger partial charge in [-0.3, -0.25) is 9.59 Å². The number of likely N-dealkylation sites (N-methyl/N-ethyl adjacent to an activating group) is 1. The molecule has 1 N–H and O–H groups in total. The molecule has 0 radical (unpaired) electrons. The lowest BCUT2D eigenvalue weighted by Gasteiger charge is -2.26. The molecule has 0 saturated heterocycles. The standard InChI is InChI=1S/C22H28N6O2/c1-4-26(5-2)13-14-27(16-18-9-7-6-8-10-18)22(30)19-15-23-28(17(19)3)20-11-12-21(29)25-24-20/h6-12,15H,4-5,13-14,16H2,1-3H3,(H,25,29). The van der Waals surface area contributed by atoms with Crippen molar-refractivity contribution >= 4 is 5.91 Å². The molecule has 2 heterocycles. The van der Waals surface area contributed by atoms with E-state index in [0.717, 1.165) is 25.2 Å². The van der Waals surface area contributed by atoms with Crippen molar-refractivity contribution in [2.24, 2.45) is 0 Å². The summed E-state index contributed by atoms with van der Waals surface area (Å²) in [5.41, 5.74) is 2.00. The molecular formula is C22H28N6O2. The van der Waals surface area contributed by atoms with E-state index in [1.165, 1.54) is 6.07 Å². The van der Waals surface area contributed by atoms with Crippen LogP contribution in [-0.4, -0.2) is 61.9 Å². The minimum Gasteiger partial charge on any atom is -0.333 e. The second-order valence-corrected chi connectivity index (χ2v) is 7.07.